The number of carbonyl (C=O) groups is 1. The third-order valence-electron chi connectivity index (χ3n) is 5.29. The second-order valence-electron chi connectivity index (χ2n) is 7.35. The summed E-state index contributed by atoms with van der Waals surface area (Å²) in [7, 11) is 0. The Labute approximate surface area is 168 Å². The van der Waals surface area contributed by atoms with Crippen molar-refractivity contribution in [3.05, 3.63) is 52.6 Å². The molecule has 1 aliphatic rings. The maximum atomic E-state index is 12.8. The van der Waals surface area contributed by atoms with E-state index >= 15 is 0 Å². The molecule has 146 valence electrons. The first-order chi connectivity index (χ1) is 13.6. The summed E-state index contributed by atoms with van der Waals surface area (Å²) < 4.78 is 5.15. The molecule has 3 aromatic rings. The molecule has 28 heavy (non-hydrogen) atoms. The van der Waals surface area contributed by atoms with Gasteiger partial charge in [-0.25, -0.2) is 4.98 Å². The molecule has 1 saturated carbocycles. The standard InChI is InChI=1S/C21H24N4O2S/c1-3-15-6-8-16(9-7-15)19-23-17(13-28-19)12-18(26)24-21(10-4-5-11-21)20-22-14(2)27-25-20/h6-9,13H,3-5,10-12H2,1-2H3,(H,24,26). The van der Waals surface area contributed by atoms with Gasteiger partial charge < -0.3 is 9.84 Å². The topological polar surface area (TPSA) is 80.9 Å². The molecule has 7 heteroatoms. The number of benzene rings is 1. The van der Waals surface area contributed by atoms with Crippen molar-refractivity contribution >= 4 is 17.2 Å². The number of hydrogen-bond donors (Lipinski definition) is 1. The first kappa shape index (κ1) is 18.8. The maximum absolute atomic E-state index is 12.8. The van der Waals surface area contributed by atoms with Gasteiger partial charge in [0.15, 0.2) is 5.82 Å². The Morgan fingerprint density at radius 1 is 1.21 bits per heavy atom. The Balaban J connectivity index is 1.45. The molecule has 0 saturated heterocycles. The van der Waals surface area contributed by atoms with E-state index in [4.69, 9.17) is 4.52 Å². The fraction of sp³-hybridized carbons (Fsp3) is 0.429. The van der Waals surface area contributed by atoms with Gasteiger partial charge in [-0.1, -0.05) is 49.2 Å². The smallest absolute Gasteiger partial charge is 0.226 e. The number of nitrogens with one attached hydrogen (secondary N) is 1. The van der Waals surface area contributed by atoms with Crippen LogP contribution in [-0.2, 0) is 23.2 Å². The fourth-order valence-electron chi connectivity index (χ4n) is 3.76. The van der Waals surface area contributed by atoms with E-state index in [1.54, 1.807) is 18.3 Å². The summed E-state index contributed by atoms with van der Waals surface area (Å²) in [4.78, 5) is 21.8. The van der Waals surface area contributed by atoms with Crippen LogP contribution in [-0.4, -0.2) is 21.0 Å². The van der Waals surface area contributed by atoms with Crippen molar-refractivity contribution in [3.8, 4) is 10.6 Å². The SMILES string of the molecule is CCc1ccc(-c2nc(CC(=O)NC3(c4noc(C)n4)CCCC3)cs2)cc1. The third-order valence-corrected chi connectivity index (χ3v) is 6.23. The number of aryl methyl sites for hydroxylation is 2. The Bertz CT molecular complexity index is 955. The molecule has 2 aromatic heterocycles. The van der Waals surface area contributed by atoms with Gasteiger partial charge in [0.25, 0.3) is 0 Å². The van der Waals surface area contributed by atoms with Gasteiger partial charge in [-0.2, -0.15) is 4.98 Å². The van der Waals surface area contributed by atoms with Gasteiger partial charge in [-0.15, -0.1) is 11.3 Å². The zero-order valence-corrected chi connectivity index (χ0v) is 17.0. The minimum atomic E-state index is -0.510. The first-order valence-corrected chi connectivity index (χ1v) is 10.6. The molecule has 1 amide bonds. The van der Waals surface area contributed by atoms with E-state index in [1.165, 1.54) is 5.56 Å². The van der Waals surface area contributed by atoms with Crippen molar-refractivity contribution in [3.63, 3.8) is 0 Å². The largest absolute Gasteiger partial charge is 0.343 e. The molecule has 0 unspecified atom stereocenters. The molecular formula is C21H24N4O2S. The molecule has 0 radical (unpaired) electrons. The highest BCUT2D eigenvalue weighted by molar-refractivity contribution is 7.13. The van der Waals surface area contributed by atoms with Crippen molar-refractivity contribution in [2.24, 2.45) is 0 Å². The zero-order valence-electron chi connectivity index (χ0n) is 16.2. The Morgan fingerprint density at radius 2 is 1.96 bits per heavy atom. The number of rotatable bonds is 6. The number of thiazole rings is 1. The van der Waals surface area contributed by atoms with E-state index in [1.807, 2.05) is 5.38 Å². The number of hydrogen-bond acceptors (Lipinski definition) is 6. The predicted molar refractivity (Wildman–Crippen MR) is 108 cm³/mol. The highest BCUT2D eigenvalue weighted by Gasteiger charge is 2.41. The van der Waals surface area contributed by atoms with Crippen LogP contribution in [0.2, 0.25) is 0 Å². The van der Waals surface area contributed by atoms with E-state index in [0.29, 0.717) is 11.7 Å². The van der Waals surface area contributed by atoms with Crippen LogP contribution in [0.4, 0.5) is 0 Å². The van der Waals surface area contributed by atoms with Crippen molar-refractivity contribution in [1.29, 1.82) is 0 Å². The van der Waals surface area contributed by atoms with Crippen LogP contribution in [0.1, 0.15) is 55.6 Å². The van der Waals surface area contributed by atoms with E-state index in [2.05, 4.69) is 51.6 Å². The van der Waals surface area contributed by atoms with Crippen molar-refractivity contribution in [2.45, 2.75) is 57.9 Å². The summed E-state index contributed by atoms with van der Waals surface area (Å²) in [5.41, 5.74) is 2.67. The number of carbonyl (C=O) groups excluding carboxylic acids is 1. The molecule has 1 aliphatic carbocycles. The molecule has 0 bridgehead atoms. The van der Waals surface area contributed by atoms with Gasteiger partial charge in [0.1, 0.15) is 10.5 Å². The Hall–Kier alpha value is -2.54. The number of amides is 1. The number of nitrogens with zero attached hydrogens (tertiary/aromatic N) is 3. The van der Waals surface area contributed by atoms with Gasteiger partial charge in [0.2, 0.25) is 11.8 Å². The van der Waals surface area contributed by atoms with Crippen LogP contribution in [0, 0.1) is 6.92 Å². The fourth-order valence-corrected chi connectivity index (χ4v) is 4.58. The van der Waals surface area contributed by atoms with Crippen molar-refractivity contribution in [2.75, 3.05) is 0 Å². The lowest BCUT2D eigenvalue weighted by atomic mass is 9.96. The highest BCUT2D eigenvalue weighted by Crippen LogP contribution is 2.37. The van der Waals surface area contributed by atoms with Gasteiger partial charge in [0, 0.05) is 17.9 Å². The van der Waals surface area contributed by atoms with Crippen LogP contribution in [0.3, 0.4) is 0 Å². The summed E-state index contributed by atoms with van der Waals surface area (Å²) in [5, 5.41) is 10.1. The summed E-state index contributed by atoms with van der Waals surface area (Å²) >= 11 is 1.57. The third kappa shape index (κ3) is 3.85. The lowest BCUT2D eigenvalue weighted by Gasteiger charge is -2.26. The normalized spacial score (nSPS) is 15.6. The average Bonchev–Trinajstić information content (AvgIpc) is 3.44. The number of aromatic nitrogens is 3. The second-order valence-corrected chi connectivity index (χ2v) is 8.20. The monoisotopic (exact) mass is 396 g/mol. The molecule has 1 N–H and O–H groups in total. The Morgan fingerprint density at radius 3 is 2.61 bits per heavy atom. The van der Waals surface area contributed by atoms with E-state index in [9.17, 15) is 4.79 Å². The van der Waals surface area contributed by atoms with E-state index in [0.717, 1.165) is 48.4 Å². The summed E-state index contributed by atoms with van der Waals surface area (Å²) in [6, 6.07) is 8.43. The van der Waals surface area contributed by atoms with Gasteiger partial charge in [-0.3, -0.25) is 4.79 Å². The average molecular weight is 397 g/mol. The van der Waals surface area contributed by atoms with E-state index in [-0.39, 0.29) is 12.3 Å². The molecule has 0 spiro atoms. The molecule has 4 rings (SSSR count). The van der Waals surface area contributed by atoms with Crippen LogP contribution >= 0.6 is 11.3 Å². The summed E-state index contributed by atoms with van der Waals surface area (Å²) in [6.45, 7) is 3.91. The molecule has 1 aromatic carbocycles. The zero-order chi connectivity index (χ0) is 19.6. The molecule has 0 atom stereocenters. The molecule has 1 fully saturated rings. The first-order valence-electron chi connectivity index (χ1n) is 9.73. The summed E-state index contributed by atoms with van der Waals surface area (Å²) in [5.74, 6) is 1.06. The quantitative estimate of drug-likeness (QED) is 0.676. The van der Waals surface area contributed by atoms with E-state index < -0.39 is 5.54 Å². The van der Waals surface area contributed by atoms with Gasteiger partial charge in [0.05, 0.1) is 12.1 Å². The van der Waals surface area contributed by atoms with Crippen molar-refractivity contribution < 1.29 is 9.32 Å². The lowest BCUT2D eigenvalue weighted by molar-refractivity contribution is -0.122. The maximum Gasteiger partial charge on any atom is 0.226 e. The molecule has 6 nitrogen and oxygen atoms in total. The minimum Gasteiger partial charge on any atom is -0.343 e. The lowest BCUT2D eigenvalue weighted by Crippen LogP contribution is -2.45. The minimum absolute atomic E-state index is 0.0532. The highest BCUT2D eigenvalue weighted by atomic mass is 32.1. The van der Waals surface area contributed by atoms with Gasteiger partial charge >= 0.3 is 0 Å². The van der Waals surface area contributed by atoms with Crippen molar-refractivity contribution in [1.82, 2.24) is 20.4 Å². The van der Waals surface area contributed by atoms with Gasteiger partial charge in [-0.05, 0) is 24.8 Å². The Kier molecular flexibility index (Phi) is 5.26. The van der Waals surface area contributed by atoms with Crippen LogP contribution in [0.25, 0.3) is 10.6 Å². The van der Waals surface area contributed by atoms with Crippen LogP contribution in [0.15, 0.2) is 34.2 Å². The molecular weight excluding hydrogens is 372 g/mol. The second kappa shape index (κ2) is 7.83. The molecule has 0 aliphatic heterocycles. The predicted octanol–water partition coefficient (Wildman–Crippen LogP) is 4.19. The van der Waals surface area contributed by atoms with Crippen LogP contribution < -0.4 is 5.32 Å². The molecule has 2 heterocycles. The summed E-state index contributed by atoms with van der Waals surface area (Å²) in [6.07, 6.45) is 5.03. The van der Waals surface area contributed by atoms with Crippen LogP contribution in [0.5, 0.6) is 0 Å².